The van der Waals surface area contributed by atoms with E-state index in [0.29, 0.717) is 0 Å². The fraction of sp³-hybridized carbons (Fsp3) is 0.222. The molecule has 0 heterocycles. The van der Waals surface area contributed by atoms with Crippen LogP contribution in [0.5, 0.6) is 11.5 Å². The van der Waals surface area contributed by atoms with E-state index in [0.717, 1.165) is 16.8 Å². The van der Waals surface area contributed by atoms with Crippen LogP contribution in [0.1, 0.15) is 13.8 Å². The molecule has 0 fully saturated rings. The lowest BCUT2D eigenvalue weighted by Crippen LogP contribution is -2.08. The first-order chi connectivity index (χ1) is 10.9. The van der Waals surface area contributed by atoms with Gasteiger partial charge in [0, 0.05) is 33.6 Å². The van der Waals surface area contributed by atoms with Gasteiger partial charge in [-0.05, 0) is 35.4 Å². The number of esters is 2. The number of hydrogen-bond acceptors (Lipinski definition) is 5. The fourth-order valence-electron chi connectivity index (χ4n) is 2.13. The summed E-state index contributed by atoms with van der Waals surface area (Å²) in [5.74, 6) is -0.501. The summed E-state index contributed by atoms with van der Waals surface area (Å²) in [6.45, 7) is 2.60. The zero-order valence-corrected chi connectivity index (χ0v) is 13.6. The number of carbonyl (C=O) groups is 2. The van der Waals surface area contributed by atoms with Gasteiger partial charge in [0.05, 0.1) is 0 Å². The lowest BCUT2D eigenvalue weighted by atomic mass is 10.0. The standard InChI is InChI=1S/C18H19NO4/c1-12(20)22-17-9-8-15(11-18(17)23-13(2)21)14-6-5-7-16(10-14)19(3)4/h5-11H,1-4H3. The predicted molar refractivity (Wildman–Crippen MR) is 88.8 cm³/mol. The zero-order valence-electron chi connectivity index (χ0n) is 13.6. The van der Waals surface area contributed by atoms with Crippen LogP contribution < -0.4 is 14.4 Å². The first kappa shape index (κ1) is 16.5. The van der Waals surface area contributed by atoms with E-state index in [4.69, 9.17) is 9.47 Å². The highest BCUT2D eigenvalue weighted by atomic mass is 16.6. The van der Waals surface area contributed by atoms with Crippen LogP contribution in [0.25, 0.3) is 11.1 Å². The predicted octanol–water partition coefficient (Wildman–Crippen LogP) is 3.27. The highest BCUT2D eigenvalue weighted by Crippen LogP contribution is 2.34. The van der Waals surface area contributed by atoms with Gasteiger partial charge in [-0.3, -0.25) is 9.59 Å². The maximum Gasteiger partial charge on any atom is 0.308 e. The third-order valence-corrected chi connectivity index (χ3v) is 3.15. The normalized spacial score (nSPS) is 10.1. The Morgan fingerprint density at radius 2 is 1.43 bits per heavy atom. The van der Waals surface area contributed by atoms with Crippen LogP contribution in [-0.4, -0.2) is 26.0 Å². The number of carbonyl (C=O) groups excluding carboxylic acids is 2. The van der Waals surface area contributed by atoms with Crippen molar-refractivity contribution < 1.29 is 19.1 Å². The Balaban J connectivity index is 2.45. The van der Waals surface area contributed by atoms with E-state index in [2.05, 4.69) is 0 Å². The smallest absolute Gasteiger partial charge is 0.308 e. The lowest BCUT2D eigenvalue weighted by molar-refractivity contribution is -0.134. The summed E-state index contributed by atoms with van der Waals surface area (Å²) in [5.41, 5.74) is 2.89. The molecule has 23 heavy (non-hydrogen) atoms. The number of rotatable bonds is 4. The fourth-order valence-corrected chi connectivity index (χ4v) is 2.13. The van der Waals surface area contributed by atoms with Crippen LogP contribution in [0, 0.1) is 0 Å². The molecule has 0 aliphatic heterocycles. The molecule has 2 rings (SSSR count). The molecule has 5 nitrogen and oxygen atoms in total. The van der Waals surface area contributed by atoms with E-state index in [1.54, 1.807) is 12.1 Å². The van der Waals surface area contributed by atoms with E-state index in [1.807, 2.05) is 49.3 Å². The molecule has 0 radical (unpaired) electrons. The second-order valence-corrected chi connectivity index (χ2v) is 5.29. The minimum Gasteiger partial charge on any atom is -0.423 e. The van der Waals surface area contributed by atoms with Crippen molar-refractivity contribution in [2.24, 2.45) is 0 Å². The lowest BCUT2D eigenvalue weighted by Gasteiger charge is -2.15. The molecule has 0 bridgehead atoms. The van der Waals surface area contributed by atoms with Gasteiger partial charge in [-0.2, -0.15) is 0 Å². The van der Waals surface area contributed by atoms with Crippen LogP contribution >= 0.6 is 0 Å². The van der Waals surface area contributed by atoms with Crippen LogP contribution in [0.3, 0.4) is 0 Å². The van der Waals surface area contributed by atoms with Gasteiger partial charge in [-0.1, -0.05) is 18.2 Å². The average molecular weight is 313 g/mol. The molecule has 0 amide bonds. The molecule has 0 N–H and O–H groups in total. The monoisotopic (exact) mass is 313 g/mol. The molecule has 2 aromatic carbocycles. The summed E-state index contributed by atoms with van der Waals surface area (Å²) in [6, 6.07) is 13.1. The van der Waals surface area contributed by atoms with Crippen LogP contribution in [-0.2, 0) is 9.59 Å². The number of anilines is 1. The summed E-state index contributed by atoms with van der Waals surface area (Å²) in [4.78, 5) is 24.4. The Kier molecular flexibility index (Phi) is 5.01. The number of ether oxygens (including phenoxy) is 2. The van der Waals surface area contributed by atoms with Crippen molar-refractivity contribution in [1.82, 2.24) is 0 Å². The molecular formula is C18H19NO4. The van der Waals surface area contributed by atoms with Gasteiger partial charge in [0.1, 0.15) is 0 Å². The van der Waals surface area contributed by atoms with E-state index >= 15 is 0 Å². The molecule has 0 atom stereocenters. The first-order valence-corrected chi connectivity index (χ1v) is 7.15. The molecule has 0 spiro atoms. The minimum atomic E-state index is -0.474. The SMILES string of the molecule is CC(=O)Oc1ccc(-c2cccc(N(C)C)c2)cc1OC(C)=O. The zero-order chi connectivity index (χ0) is 17.0. The molecule has 0 aliphatic rings. The summed E-state index contributed by atoms with van der Waals surface area (Å²) < 4.78 is 10.2. The molecule has 2 aromatic rings. The van der Waals surface area contributed by atoms with Crippen LogP contribution in [0.4, 0.5) is 5.69 Å². The second-order valence-electron chi connectivity index (χ2n) is 5.29. The van der Waals surface area contributed by atoms with Gasteiger partial charge in [-0.15, -0.1) is 0 Å². The van der Waals surface area contributed by atoms with E-state index < -0.39 is 11.9 Å². The largest absolute Gasteiger partial charge is 0.423 e. The first-order valence-electron chi connectivity index (χ1n) is 7.15. The Hall–Kier alpha value is -2.82. The maximum absolute atomic E-state index is 11.3. The van der Waals surface area contributed by atoms with Crippen molar-refractivity contribution in [1.29, 1.82) is 0 Å². The van der Waals surface area contributed by atoms with E-state index in [1.165, 1.54) is 13.8 Å². The van der Waals surface area contributed by atoms with Gasteiger partial charge in [-0.25, -0.2) is 0 Å². The maximum atomic E-state index is 11.3. The highest BCUT2D eigenvalue weighted by molar-refractivity contribution is 5.77. The minimum absolute atomic E-state index is 0.222. The van der Waals surface area contributed by atoms with Crippen molar-refractivity contribution in [3.8, 4) is 22.6 Å². The third-order valence-electron chi connectivity index (χ3n) is 3.15. The van der Waals surface area contributed by atoms with E-state index in [-0.39, 0.29) is 11.5 Å². The number of benzene rings is 2. The van der Waals surface area contributed by atoms with Crippen LogP contribution in [0.2, 0.25) is 0 Å². The van der Waals surface area contributed by atoms with E-state index in [9.17, 15) is 9.59 Å². The molecule has 120 valence electrons. The van der Waals surface area contributed by atoms with Gasteiger partial charge < -0.3 is 14.4 Å². The topological polar surface area (TPSA) is 55.8 Å². The molecule has 0 aromatic heterocycles. The molecule has 0 aliphatic carbocycles. The Labute approximate surface area is 135 Å². The quantitative estimate of drug-likeness (QED) is 0.640. The van der Waals surface area contributed by atoms with Gasteiger partial charge >= 0.3 is 11.9 Å². The van der Waals surface area contributed by atoms with Gasteiger partial charge in [0.25, 0.3) is 0 Å². The van der Waals surface area contributed by atoms with Crippen molar-refractivity contribution in [3.05, 3.63) is 42.5 Å². The Morgan fingerprint density at radius 3 is 2.04 bits per heavy atom. The Morgan fingerprint density at radius 1 is 0.826 bits per heavy atom. The molecule has 0 unspecified atom stereocenters. The summed E-state index contributed by atoms with van der Waals surface area (Å²) in [7, 11) is 3.93. The summed E-state index contributed by atoms with van der Waals surface area (Å²) >= 11 is 0. The Bertz CT molecular complexity index is 738. The number of hydrogen-bond donors (Lipinski definition) is 0. The van der Waals surface area contributed by atoms with Crippen molar-refractivity contribution in [3.63, 3.8) is 0 Å². The van der Waals surface area contributed by atoms with Gasteiger partial charge in [0.15, 0.2) is 11.5 Å². The third kappa shape index (κ3) is 4.32. The van der Waals surface area contributed by atoms with Crippen molar-refractivity contribution >= 4 is 17.6 Å². The van der Waals surface area contributed by atoms with Crippen LogP contribution in [0.15, 0.2) is 42.5 Å². The molecule has 0 saturated carbocycles. The van der Waals surface area contributed by atoms with Crippen molar-refractivity contribution in [2.75, 3.05) is 19.0 Å². The molecule has 0 saturated heterocycles. The summed E-state index contributed by atoms with van der Waals surface area (Å²) in [6.07, 6.45) is 0. The highest BCUT2D eigenvalue weighted by Gasteiger charge is 2.12. The molecule has 5 heteroatoms. The average Bonchev–Trinajstić information content (AvgIpc) is 2.48. The van der Waals surface area contributed by atoms with Gasteiger partial charge in [0.2, 0.25) is 0 Å². The van der Waals surface area contributed by atoms with Crippen molar-refractivity contribution in [2.45, 2.75) is 13.8 Å². The molecular weight excluding hydrogens is 294 g/mol. The summed E-state index contributed by atoms with van der Waals surface area (Å²) in [5, 5.41) is 0. The second kappa shape index (κ2) is 6.96. The number of nitrogens with zero attached hydrogens (tertiary/aromatic N) is 1.